The highest BCUT2D eigenvalue weighted by molar-refractivity contribution is 6.12. The lowest BCUT2D eigenvalue weighted by Crippen LogP contribution is -2.26. The van der Waals surface area contributed by atoms with Crippen molar-refractivity contribution >= 4 is 28.4 Å². The van der Waals surface area contributed by atoms with Crippen molar-refractivity contribution in [1.29, 1.82) is 0 Å². The Bertz CT molecular complexity index is 1590. The number of aromatic nitrogens is 2. The van der Waals surface area contributed by atoms with Crippen LogP contribution in [0.15, 0.2) is 54.9 Å². The number of alkyl halides is 3. The van der Waals surface area contributed by atoms with E-state index >= 15 is 0 Å². The van der Waals surface area contributed by atoms with Crippen molar-refractivity contribution in [2.45, 2.75) is 38.4 Å². The predicted molar refractivity (Wildman–Crippen MR) is 137 cm³/mol. The summed E-state index contributed by atoms with van der Waals surface area (Å²) in [6.45, 7) is 1.35. The van der Waals surface area contributed by atoms with Gasteiger partial charge in [0.2, 0.25) is 0 Å². The summed E-state index contributed by atoms with van der Waals surface area (Å²) < 4.78 is 54.0. The van der Waals surface area contributed by atoms with E-state index in [4.69, 9.17) is 0 Å². The number of phenolic OH excluding ortho intramolecular Hbond substituents is 1. The molecule has 0 atom stereocenters. The first-order valence-corrected chi connectivity index (χ1v) is 12.3. The first-order valence-electron chi connectivity index (χ1n) is 12.3. The monoisotopic (exact) mass is 540 g/mol. The first kappa shape index (κ1) is 26.2. The lowest BCUT2D eigenvalue weighted by molar-refractivity contribution is -0.131. The van der Waals surface area contributed by atoms with Crippen LogP contribution in [-0.4, -0.2) is 45.1 Å². The minimum absolute atomic E-state index is 0.0428. The van der Waals surface area contributed by atoms with E-state index in [1.807, 2.05) is 0 Å². The van der Waals surface area contributed by atoms with Gasteiger partial charge in [0.1, 0.15) is 11.8 Å². The molecule has 3 N–H and O–H groups in total. The van der Waals surface area contributed by atoms with Gasteiger partial charge in [-0.3, -0.25) is 14.2 Å². The Hall–Kier alpha value is -4.41. The smallest absolute Gasteiger partial charge is 0.390 e. The van der Waals surface area contributed by atoms with Gasteiger partial charge in [0.15, 0.2) is 17.3 Å². The number of halogens is 4. The van der Waals surface area contributed by atoms with Crippen LogP contribution in [0.5, 0.6) is 5.75 Å². The Kier molecular flexibility index (Phi) is 6.75. The van der Waals surface area contributed by atoms with Crippen LogP contribution in [0.25, 0.3) is 16.7 Å². The van der Waals surface area contributed by atoms with Gasteiger partial charge in [-0.25, -0.2) is 9.37 Å². The fraction of sp³-hybridized carbons (Fsp3) is 0.250. The number of aromatic hydroxyl groups is 1. The SMILES string of the molecule is Cc1cc(-n2cnc3c(NCCC(F)(F)F)cc(C(=O)c4ccc(O)c(F)c4)cc32)ccc1C(=O)NC1CC1. The number of hydrogen-bond donors (Lipinski definition) is 3. The summed E-state index contributed by atoms with van der Waals surface area (Å²) >= 11 is 0. The average molecular weight is 541 g/mol. The number of hydrogen-bond acceptors (Lipinski definition) is 5. The third kappa shape index (κ3) is 5.71. The lowest BCUT2D eigenvalue weighted by atomic mass is 10.0. The van der Waals surface area contributed by atoms with Crippen molar-refractivity contribution in [3.63, 3.8) is 0 Å². The molecule has 1 fully saturated rings. The Labute approximate surface area is 220 Å². The van der Waals surface area contributed by atoms with Gasteiger partial charge in [-0.1, -0.05) is 0 Å². The number of ketones is 1. The topological polar surface area (TPSA) is 96.2 Å². The molecule has 1 saturated carbocycles. The molecule has 0 radical (unpaired) electrons. The maximum Gasteiger partial charge on any atom is 0.390 e. The second-order valence-electron chi connectivity index (χ2n) is 9.54. The van der Waals surface area contributed by atoms with Gasteiger partial charge in [-0.05, 0) is 73.9 Å². The molecule has 0 saturated heterocycles. The molecule has 0 spiro atoms. The maximum absolute atomic E-state index is 13.9. The number of nitrogens with one attached hydrogen (secondary N) is 2. The fourth-order valence-corrected chi connectivity index (χ4v) is 4.28. The van der Waals surface area contributed by atoms with Gasteiger partial charge in [-0.15, -0.1) is 0 Å². The minimum Gasteiger partial charge on any atom is -0.505 e. The van der Waals surface area contributed by atoms with Crippen molar-refractivity contribution in [3.05, 3.63) is 82.9 Å². The third-order valence-corrected chi connectivity index (χ3v) is 6.49. The Balaban J connectivity index is 1.55. The second kappa shape index (κ2) is 10.0. The number of imidazole rings is 1. The first-order chi connectivity index (χ1) is 18.5. The number of benzene rings is 3. The fourth-order valence-electron chi connectivity index (χ4n) is 4.28. The molecule has 202 valence electrons. The summed E-state index contributed by atoms with van der Waals surface area (Å²) in [7, 11) is 0. The minimum atomic E-state index is -4.38. The van der Waals surface area contributed by atoms with Crippen molar-refractivity contribution in [1.82, 2.24) is 14.9 Å². The van der Waals surface area contributed by atoms with E-state index in [1.165, 1.54) is 24.5 Å². The molecular weight excluding hydrogens is 516 g/mol. The number of carbonyl (C=O) groups is 2. The highest BCUT2D eigenvalue weighted by atomic mass is 19.4. The number of aryl methyl sites for hydroxylation is 1. The number of anilines is 1. The zero-order valence-electron chi connectivity index (χ0n) is 20.8. The van der Waals surface area contributed by atoms with E-state index in [2.05, 4.69) is 15.6 Å². The van der Waals surface area contributed by atoms with Crippen LogP contribution < -0.4 is 10.6 Å². The molecule has 1 heterocycles. The number of nitrogens with zero attached hydrogens (tertiary/aromatic N) is 2. The zero-order valence-corrected chi connectivity index (χ0v) is 20.8. The lowest BCUT2D eigenvalue weighted by Gasteiger charge is -2.13. The van der Waals surface area contributed by atoms with Crippen molar-refractivity contribution in [2.75, 3.05) is 11.9 Å². The third-order valence-electron chi connectivity index (χ3n) is 6.49. The molecule has 4 aromatic rings. The Morgan fingerprint density at radius 1 is 1.08 bits per heavy atom. The summed E-state index contributed by atoms with van der Waals surface area (Å²) in [6.07, 6.45) is -2.08. The Morgan fingerprint density at radius 3 is 2.51 bits per heavy atom. The molecule has 0 bridgehead atoms. The van der Waals surface area contributed by atoms with Gasteiger partial charge < -0.3 is 15.7 Å². The van der Waals surface area contributed by atoms with E-state index in [9.17, 15) is 32.3 Å². The van der Waals surface area contributed by atoms with E-state index in [0.717, 1.165) is 25.0 Å². The van der Waals surface area contributed by atoms with E-state index in [0.29, 0.717) is 27.8 Å². The summed E-state index contributed by atoms with van der Waals surface area (Å²) in [5, 5.41) is 15.1. The van der Waals surface area contributed by atoms with Gasteiger partial charge in [0.05, 0.1) is 17.6 Å². The zero-order chi connectivity index (χ0) is 27.9. The standard InChI is InChI=1S/C28H24F4N4O3/c1-15-10-19(5-6-20(15)27(39)35-18-3-4-18)36-14-34-25-22(33-9-8-28(30,31)32)12-17(13-23(25)36)26(38)16-2-7-24(37)21(29)11-16/h2,5-7,10-14,18,33,37H,3-4,8-9H2,1H3,(H,35,39). The number of amides is 1. The van der Waals surface area contributed by atoms with E-state index < -0.39 is 36.5 Å². The van der Waals surface area contributed by atoms with E-state index in [1.54, 1.807) is 29.7 Å². The van der Waals surface area contributed by atoms with Gasteiger partial charge >= 0.3 is 6.18 Å². The second-order valence-corrected chi connectivity index (χ2v) is 9.54. The van der Waals surface area contributed by atoms with Crippen molar-refractivity contribution < 1.29 is 32.3 Å². The largest absolute Gasteiger partial charge is 0.505 e. The summed E-state index contributed by atoms with van der Waals surface area (Å²) in [5.41, 5.74) is 2.86. The highest BCUT2D eigenvalue weighted by Crippen LogP contribution is 2.30. The molecule has 1 amide bonds. The normalized spacial score (nSPS) is 13.5. The van der Waals surface area contributed by atoms with E-state index in [-0.39, 0.29) is 28.8 Å². The highest BCUT2D eigenvalue weighted by Gasteiger charge is 2.27. The molecule has 0 aliphatic heterocycles. The quantitative estimate of drug-likeness (QED) is 0.198. The van der Waals surface area contributed by atoms with Crippen molar-refractivity contribution in [2.24, 2.45) is 0 Å². The van der Waals surface area contributed by atoms with Crippen LogP contribution in [0.2, 0.25) is 0 Å². The number of fused-ring (bicyclic) bond motifs is 1. The number of phenols is 1. The van der Waals surface area contributed by atoms with Crippen molar-refractivity contribution in [3.8, 4) is 11.4 Å². The molecule has 5 rings (SSSR count). The predicted octanol–water partition coefficient (Wildman–Crippen LogP) is 5.67. The molecule has 7 nitrogen and oxygen atoms in total. The maximum atomic E-state index is 13.9. The summed E-state index contributed by atoms with van der Waals surface area (Å²) in [4.78, 5) is 30.2. The summed E-state index contributed by atoms with van der Waals surface area (Å²) in [5.74, 6) is -2.34. The molecule has 1 aliphatic carbocycles. The van der Waals surface area contributed by atoms with Crippen LogP contribution in [0.4, 0.5) is 23.2 Å². The molecule has 39 heavy (non-hydrogen) atoms. The van der Waals surface area contributed by atoms with Crippen LogP contribution in [0.3, 0.4) is 0 Å². The number of carbonyl (C=O) groups excluding carboxylic acids is 2. The van der Waals surface area contributed by atoms with Gasteiger partial charge in [0.25, 0.3) is 5.91 Å². The Morgan fingerprint density at radius 2 is 1.85 bits per heavy atom. The number of rotatable bonds is 8. The molecule has 11 heteroatoms. The molecule has 0 unspecified atom stereocenters. The summed E-state index contributed by atoms with van der Waals surface area (Å²) in [6, 6.07) is 11.5. The van der Waals surface area contributed by atoms with Crippen LogP contribution in [0.1, 0.15) is 51.1 Å². The molecule has 1 aromatic heterocycles. The molecular formula is C28H24F4N4O3. The average Bonchev–Trinajstić information content (AvgIpc) is 3.58. The van der Waals surface area contributed by atoms with Crippen LogP contribution in [-0.2, 0) is 0 Å². The van der Waals surface area contributed by atoms with Gasteiger partial charge in [-0.2, -0.15) is 13.2 Å². The molecule has 1 aliphatic rings. The molecule has 3 aromatic carbocycles. The van der Waals surface area contributed by atoms with Gasteiger partial charge in [0, 0.05) is 35.0 Å². The van der Waals surface area contributed by atoms with Crippen LogP contribution in [0, 0.1) is 12.7 Å². The van der Waals surface area contributed by atoms with Crippen LogP contribution >= 0.6 is 0 Å².